The molecule has 1 aliphatic rings. The SMILES string of the molecule is CNC(=O)N1CC[C@H](C(=O)N(C)Cc2cc(C(F)(F)F)cc(C(F)(F)F)c2)[C@H](c2ccccc2)C1. The van der Waals surface area contributed by atoms with Gasteiger partial charge in [-0.15, -0.1) is 0 Å². The average molecular weight is 501 g/mol. The number of piperidine rings is 1. The summed E-state index contributed by atoms with van der Waals surface area (Å²) in [5, 5.41) is 2.55. The second-order valence-corrected chi connectivity index (χ2v) is 8.52. The zero-order valence-corrected chi connectivity index (χ0v) is 19.1. The highest BCUT2D eigenvalue weighted by atomic mass is 19.4. The van der Waals surface area contributed by atoms with Crippen LogP contribution < -0.4 is 5.32 Å². The minimum Gasteiger partial charge on any atom is -0.341 e. The van der Waals surface area contributed by atoms with Crippen molar-refractivity contribution in [1.29, 1.82) is 0 Å². The molecule has 0 saturated carbocycles. The fourth-order valence-electron chi connectivity index (χ4n) is 4.37. The van der Waals surface area contributed by atoms with Crippen LogP contribution in [0.25, 0.3) is 0 Å². The van der Waals surface area contributed by atoms with Crippen molar-refractivity contribution in [2.45, 2.75) is 31.2 Å². The van der Waals surface area contributed by atoms with Crippen molar-refractivity contribution >= 4 is 11.9 Å². The molecule has 190 valence electrons. The molecule has 3 amide bonds. The maximum atomic E-state index is 13.4. The molecule has 2 aromatic rings. The van der Waals surface area contributed by atoms with Crippen LogP contribution in [-0.4, -0.2) is 48.9 Å². The van der Waals surface area contributed by atoms with Gasteiger partial charge in [0.05, 0.1) is 11.1 Å². The smallest absolute Gasteiger partial charge is 0.341 e. The van der Waals surface area contributed by atoms with Gasteiger partial charge >= 0.3 is 18.4 Å². The van der Waals surface area contributed by atoms with Gasteiger partial charge in [-0.1, -0.05) is 30.3 Å². The number of rotatable bonds is 4. The lowest BCUT2D eigenvalue weighted by Gasteiger charge is -2.39. The van der Waals surface area contributed by atoms with Crippen molar-refractivity contribution in [3.05, 3.63) is 70.8 Å². The van der Waals surface area contributed by atoms with Gasteiger partial charge in [0.2, 0.25) is 5.91 Å². The number of halogens is 6. The van der Waals surface area contributed by atoms with Crippen molar-refractivity contribution in [1.82, 2.24) is 15.1 Å². The second kappa shape index (κ2) is 10.2. The van der Waals surface area contributed by atoms with E-state index < -0.39 is 41.8 Å². The standard InChI is InChI=1S/C24H25F6N3O2/c1-31-22(35)33-9-8-19(20(14-33)16-6-4-3-5-7-16)21(34)32(2)13-15-10-17(23(25,26)27)12-18(11-15)24(28,29)30/h3-7,10-12,19-20H,8-9,13-14H2,1-2H3,(H,31,35)/t19-,20-/m0/s1. The van der Waals surface area contributed by atoms with Gasteiger partial charge in [0.15, 0.2) is 0 Å². The van der Waals surface area contributed by atoms with E-state index in [4.69, 9.17) is 0 Å². The Balaban J connectivity index is 1.87. The summed E-state index contributed by atoms with van der Waals surface area (Å²) in [5.41, 5.74) is -2.32. The van der Waals surface area contributed by atoms with E-state index in [2.05, 4.69) is 5.32 Å². The predicted octanol–water partition coefficient (Wildman–Crippen LogP) is 5.13. The molecular weight excluding hydrogens is 476 g/mol. The summed E-state index contributed by atoms with van der Waals surface area (Å²) in [4.78, 5) is 28.2. The van der Waals surface area contributed by atoms with Crippen LogP contribution in [0.4, 0.5) is 31.1 Å². The minimum absolute atomic E-state index is 0.0608. The molecule has 0 bridgehead atoms. The van der Waals surface area contributed by atoms with E-state index in [0.29, 0.717) is 18.6 Å². The number of carbonyl (C=O) groups excluding carboxylic acids is 2. The molecule has 1 heterocycles. The topological polar surface area (TPSA) is 52.7 Å². The first-order valence-corrected chi connectivity index (χ1v) is 10.9. The Morgan fingerprint density at radius 3 is 2.09 bits per heavy atom. The number of alkyl halides is 6. The molecular formula is C24H25F6N3O2. The lowest BCUT2D eigenvalue weighted by atomic mass is 9.80. The van der Waals surface area contributed by atoms with Gasteiger partial charge in [-0.25, -0.2) is 4.79 Å². The van der Waals surface area contributed by atoms with E-state index >= 15 is 0 Å². The molecule has 11 heteroatoms. The van der Waals surface area contributed by atoms with E-state index in [-0.39, 0.29) is 36.7 Å². The molecule has 0 radical (unpaired) electrons. The number of amides is 3. The summed E-state index contributed by atoms with van der Waals surface area (Å²) in [6, 6.07) is 10.0. The van der Waals surface area contributed by atoms with E-state index in [0.717, 1.165) is 10.5 Å². The van der Waals surface area contributed by atoms with Gasteiger partial charge < -0.3 is 15.1 Å². The molecule has 1 saturated heterocycles. The Bertz CT molecular complexity index is 1020. The summed E-state index contributed by atoms with van der Waals surface area (Å²) < 4.78 is 79.2. The minimum atomic E-state index is -4.97. The Labute approximate surface area is 198 Å². The van der Waals surface area contributed by atoms with Crippen LogP contribution >= 0.6 is 0 Å². The van der Waals surface area contributed by atoms with Gasteiger partial charge in [0.25, 0.3) is 0 Å². The molecule has 2 aromatic carbocycles. The molecule has 0 spiro atoms. The molecule has 1 aliphatic heterocycles. The molecule has 5 nitrogen and oxygen atoms in total. The first-order valence-electron chi connectivity index (χ1n) is 10.9. The lowest BCUT2D eigenvalue weighted by molar-refractivity contribution is -0.143. The molecule has 0 aromatic heterocycles. The number of hydrogen-bond acceptors (Lipinski definition) is 2. The van der Waals surface area contributed by atoms with E-state index in [1.807, 2.05) is 12.1 Å². The normalized spacial score (nSPS) is 18.8. The Morgan fingerprint density at radius 1 is 1.00 bits per heavy atom. The van der Waals surface area contributed by atoms with Gasteiger partial charge in [-0.2, -0.15) is 26.3 Å². The fraction of sp³-hybridized carbons (Fsp3) is 0.417. The second-order valence-electron chi connectivity index (χ2n) is 8.52. The maximum Gasteiger partial charge on any atom is 0.416 e. The Morgan fingerprint density at radius 2 is 1.57 bits per heavy atom. The summed E-state index contributed by atoms with van der Waals surface area (Å²) in [6.07, 6.45) is -9.64. The highest BCUT2D eigenvalue weighted by Gasteiger charge is 2.39. The van der Waals surface area contributed by atoms with Crippen LogP contribution in [0.5, 0.6) is 0 Å². The number of urea groups is 1. The van der Waals surface area contributed by atoms with Gasteiger partial charge in [0, 0.05) is 45.6 Å². The Hall–Kier alpha value is -3.24. The predicted molar refractivity (Wildman–Crippen MR) is 116 cm³/mol. The van der Waals surface area contributed by atoms with E-state index in [9.17, 15) is 35.9 Å². The van der Waals surface area contributed by atoms with Crippen molar-refractivity contribution in [3.63, 3.8) is 0 Å². The van der Waals surface area contributed by atoms with Crippen LogP contribution in [0.2, 0.25) is 0 Å². The van der Waals surface area contributed by atoms with Crippen LogP contribution in [0.15, 0.2) is 48.5 Å². The molecule has 1 N–H and O–H groups in total. The van der Waals surface area contributed by atoms with Gasteiger partial charge in [-0.05, 0) is 35.7 Å². The molecule has 35 heavy (non-hydrogen) atoms. The summed E-state index contributed by atoms with van der Waals surface area (Å²) >= 11 is 0. The summed E-state index contributed by atoms with van der Waals surface area (Å²) in [5.74, 6) is -1.40. The van der Waals surface area contributed by atoms with Crippen molar-refractivity contribution in [3.8, 4) is 0 Å². The monoisotopic (exact) mass is 501 g/mol. The maximum absolute atomic E-state index is 13.4. The largest absolute Gasteiger partial charge is 0.416 e. The van der Waals surface area contributed by atoms with Gasteiger partial charge in [0.1, 0.15) is 0 Å². The first kappa shape index (κ1) is 26.4. The summed E-state index contributed by atoms with van der Waals surface area (Å²) in [6.45, 7) is 0.105. The van der Waals surface area contributed by atoms with Crippen LogP contribution in [0.1, 0.15) is 34.6 Å². The Kier molecular flexibility index (Phi) is 7.66. The third-order valence-electron chi connectivity index (χ3n) is 6.10. The zero-order valence-electron chi connectivity index (χ0n) is 19.1. The highest BCUT2D eigenvalue weighted by molar-refractivity contribution is 5.81. The average Bonchev–Trinajstić information content (AvgIpc) is 2.82. The van der Waals surface area contributed by atoms with Crippen LogP contribution in [0.3, 0.4) is 0 Å². The van der Waals surface area contributed by atoms with Crippen LogP contribution in [0, 0.1) is 5.92 Å². The number of nitrogens with one attached hydrogen (secondary N) is 1. The van der Waals surface area contributed by atoms with E-state index in [1.54, 1.807) is 23.1 Å². The molecule has 3 rings (SSSR count). The third kappa shape index (κ3) is 6.26. The number of hydrogen-bond donors (Lipinski definition) is 1. The van der Waals surface area contributed by atoms with E-state index in [1.165, 1.54) is 14.1 Å². The van der Waals surface area contributed by atoms with Crippen molar-refractivity contribution in [2.75, 3.05) is 27.2 Å². The first-order chi connectivity index (χ1) is 16.3. The molecule has 0 unspecified atom stereocenters. The van der Waals surface area contributed by atoms with Gasteiger partial charge in [-0.3, -0.25) is 4.79 Å². The van der Waals surface area contributed by atoms with Crippen molar-refractivity contribution < 1.29 is 35.9 Å². The highest BCUT2D eigenvalue weighted by Crippen LogP contribution is 2.37. The third-order valence-corrected chi connectivity index (χ3v) is 6.10. The summed E-state index contributed by atoms with van der Waals surface area (Å²) in [7, 11) is 2.85. The number of benzene rings is 2. The number of nitrogens with zero attached hydrogens (tertiary/aromatic N) is 2. The quantitative estimate of drug-likeness (QED) is 0.591. The number of carbonyl (C=O) groups is 2. The zero-order chi connectivity index (χ0) is 26.0. The fourth-order valence-corrected chi connectivity index (χ4v) is 4.37. The molecule has 2 atom stereocenters. The van der Waals surface area contributed by atoms with Crippen LogP contribution in [-0.2, 0) is 23.7 Å². The molecule has 1 fully saturated rings. The van der Waals surface area contributed by atoms with Crippen molar-refractivity contribution in [2.24, 2.45) is 5.92 Å². The lowest BCUT2D eigenvalue weighted by Crippen LogP contribution is -2.49. The molecule has 0 aliphatic carbocycles. The number of likely N-dealkylation sites (tertiary alicyclic amines) is 1.